The molecule has 0 bridgehead atoms. The second-order valence-electron chi connectivity index (χ2n) is 5.25. The molecule has 0 aliphatic rings. The highest BCUT2D eigenvalue weighted by Gasteiger charge is 2.11. The van der Waals surface area contributed by atoms with E-state index in [-0.39, 0.29) is 0 Å². The van der Waals surface area contributed by atoms with E-state index in [1.165, 1.54) is 0 Å². The summed E-state index contributed by atoms with van der Waals surface area (Å²) in [6.07, 6.45) is 4.80. The summed E-state index contributed by atoms with van der Waals surface area (Å²) in [5.74, 6) is 2.14. The van der Waals surface area contributed by atoms with Crippen LogP contribution in [0.2, 0.25) is 0 Å². The first kappa shape index (κ1) is 14.3. The summed E-state index contributed by atoms with van der Waals surface area (Å²) in [5.41, 5.74) is 3.34. The molecule has 0 amide bonds. The maximum Gasteiger partial charge on any atom is 0.231 e. The zero-order chi connectivity index (χ0) is 15.5. The van der Waals surface area contributed by atoms with Crippen molar-refractivity contribution in [3.8, 4) is 5.75 Å². The molecule has 0 saturated carbocycles. The molecule has 0 atom stereocenters. The number of hydrogen-bond acceptors (Lipinski definition) is 5. The molecule has 6 heteroatoms. The monoisotopic (exact) mass is 298 g/mol. The van der Waals surface area contributed by atoms with Gasteiger partial charge in [0.2, 0.25) is 5.89 Å². The summed E-state index contributed by atoms with van der Waals surface area (Å²) >= 11 is 0. The molecule has 2 aromatic heterocycles. The lowest BCUT2D eigenvalue weighted by molar-refractivity contribution is 0.379. The van der Waals surface area contributed by atoms with Crippen molar-refractivity contribution in [2.24, 2.45) is 7.05 Å². The van der Waals surface area contributed by atoms with E-state index in [9.17, 15) is 0 Å². The maximum absolute atomic E-state index is 5.35. The minimum Gasteiger partial charge on any atom is -0.497 e. The van der Waals surface area contributed by atoms with Crippen LogP contribution in [-0.4, -0.2) is 26.8 Å². The summed E-state index contributed by atoms with van der Waals surface area (Å²) in [6, 6.07) is 5.97. The van der Waals surface area contributed by atoms with E-state index in [2.05, 4.69) is 15.1 Å². The summed E-state index contributed by atoms with van der Waals surface area (Å²) in [5, 5.41) is 4.04. The van der Waals surface area contributed by atoms with Crippen LogP contribution < -0.4 is 4.74 Å². The van der Waals surface area contributed by atoms with Crippen molar-refractivity contribution in [3.63, 3.8) is 0 Å². The predicted octanol–water partition coefficient (Wildman–Crippen LogP) is 2.30. The van der Waals surface area contributed by atoms with Gasteiger partial charge in [0.1, 0.15) is 5.75 Å². The Morgan fingerprint density at radius 2 is 2.14 bits per heavy atom. The molecule has 3 rings (SSSR count). The predicted molar refractivity (Wildman–Crippen MR) is 80.8 cm³/mol. The normalized spacial score (nSPS) is 10.9. The number of hydrogen-bond donors (Lipinski definition) is 0. The lowest BCUT2D eigenvalue weighted by atomic mass is 10.1. The van der Waals surface area contributed by atoms with Gasteiger partial charge in [0, 0.05) is 18.9 Å². The van der Waals surface area contributed by atoms with Crippen molar-refractivity contribution < 1.29 is 9.26 Å². The van der Waals surface area contributed by atoms with Crippen molar-refractivity contribution in [1.82, 2.24) is 19.7 Å². The highest BCUT2D eigenvalue weighted by Crippen LogP contribution is 2.19. The lowest BCUT2D eigenvalue weighted by Gasteiger charge is -2.05. The van der Waals surface area contributed by atoms with Gasteiger partial charge < -0.3 is 13.8 Å². The summed E-state index contributed by atoms with van der Waals surface area (Å²) < 4.78 is 12.5. The number of aromatic nitrogens is 4. The third-order valence-electron chi connectivity index (χ3n) is 3.66. The maximum atomic E-state index is 5.35. The van der Waals surface area contributed by atoms with Gasteiger partial charge in [-0.25, -0.2) is 4.98 Å². The molecule has 6 nitrogen and oxygen atoms in total. The van der Waals surface area contributed by atoms with Crippen LogP contribution >= 0.6 is 0 Å². The lowest BCUT2D eigenvalue weighted by Crippen LogP contribution is -1.98. The van der Waals surface area contributed by atoms with Gasteiger partial charge in [0.05, 0.1) is 26.3 Å². The number of ether oxygens (including phenoxy) is 1. The first-order valence-electron chi connectivity index (χ1n) is 7.06. The summed E-state index contributed by atoms with van der Waals surface area (Å²) in [4.78, 5) is 8.54. The summed E-state index contributed by atoms with van der Waals surface area (Å²) in [7, 11) is 3.61. The number of aryl methyl sites for hydroxylation is 2. The third-order valence-corrected chi connectivity index (χ3v) is 3.66. The van der Waals surface area contributed by atoms with Gasteiger partial charge in [-0.05, 0) is 30.2 Å². The second kappa shape index (κ2) is 6.01. The van der Waals surface area contributed by atoms with Gasteiger partial charge in [0.15, 0.2) is 5.82 Å². The van der Waals surface area contributed by atoms with Gasteiger partial charge >= 0.3 is 0 Å². The van der Waals surface area contributed by atoms with E-state index in [1.807, 2.05) is 42.9 Å². The fraction of sp³-hybridized carbons (Fsp3) is 0.312. The van der Waals surface area contributed by atoms with Crippen LogP contribution in [0.1, 0.15) is 28.5 Å². The molecule has 0 N–H and O–H groups in total. The molecule has 0 fully saturated rings. The Morgan fingerprint density at radius 3 is 2.82 bits per heavy atom. The van der Waals surface area contributed by atoms with Crippen LogP contribution in [0.25, 0.3) is 0 Å². The van der Waals surface area contributed by atoms with E-state index in [0.29, 0.717) is 24.6 Å². The van der Waals surface area contributed by atoms with E-state index >= 15 is 0 Å². The Morgan fingerprint density at radius 1 is 1.27 bits per heavy atom. The quantitative estimate of drug-likeness (QED) is 0.723. The molecule has 114 valence electrons. The van der Waals surface area contributed by atoms with Crippen LogP contribution in [0.5, 0.6) is 5.75 Å². The van der Waals surface area contributed by atoms with Crippen molar-refractivity contribution in [2.45, 2.75) is 19.8 Å². The Labute approximate surface area is 128 Å². The molecular formula is C16H18N4O2. The molecular weight excluding hydrogens is 280 g/mol. The first-order valence-corrected chi connectivity index (χ1v) is 7.06. The number of imidazole rings is 1. The zero-order valence-corrected chi connectivity index (χ0v) is 12.9. The van der Waals surface area contributed by atoms with E-state index in [4.69, 9.17) is 9.26 Å². The van der Waals surface area contributed by atoms with Crippen LogP contribution in [0, 0.1) is 6.92 Å². The number of methoxy groups -OCH3 is 1. The van der Waals surface area contributed by atoms with Gasteiger partial charge in [-0.2, -0.15) is 4.98 Å². The van der Waals surface area contributed by atoms with Gasteiger partial charge in [-0.1, -0.05) is 11.2 Å². The van der Waals surface area contributed by atoms with Gasteiger partial charge in [0.25, 0.3) is 0 Å². The van der Waals surface area contributed by atoms with Crippen molar-refractivity contribution in [3.05, 3.63) is 59.3 Å². The number of nitrogens with zero attached hydrogens (tertiary/aromatic N) is 4. The van der Waals surface area contributed by atoms with Gasteiger partial charge in [-0.15, -0.1) is 0 Å². The van der Waals surface area contributed by atoms with Crippen LogP contribution in [0.15, 0.2) is 35.2 Å². The molecule has 0 radical (unpaired) electrons. The highest BCUT2D eigenvalue weighted by atomic mass is 16.5. The van der Waals surface area contributed by atoms with E-state index < -0.39 is 0 Å². The molecule has 0 aliphatic carbocycles. The van der Waals surface area contributed by atoms with Crippen molar-refractivity contribution >= 4 is 0 Å². The average Bonchev–Trinajstić information content (AvgIpc) is 3.11. The molecule has 3 aromatic rings. The second-order valence-corrected chi connectivity index (χ2v) is 5.25. The minimum absolute atomic E-state index is 0.613. The van der Waals surface area contributed by atoms with Crippen molar-refractivity contribution in [1.29, 1.82) is 0 Å². The highest BCUT2D eigenvalue weighted by molar-refractivity contribution is 5.36. The molecule has 22 heavy (non-hydrogen) atoms. The van der Waals surface area contributed by atoms with Crippen LogP contribution in [0.4, 0.5) is 0 Å². The largest absolute Gasteiger partial charge is 0.497 e. The van der Waals surface area contributed by atoms with E-state index in [0.717, 1.165) is 22.6 Å². The topological polar surface area (TPSA) is 66.0 Å². The molecule has 0 unspecified atom stereocenters. The standard InChI is InChI=1S/C16H18N4O2/c1-11-6-14(21-3)5-4-12(11)7-16-18-15(19-22-16)8-13-9-17-10-20(13)2/h4-6,9-10H,7-8H2,1-3H3. The first-order chi connectivity index (χ1) is 10.7. The Hall–Kier alpha value is -2.63. The van der Waals surface area contributed by atoms with Crippen LogP contribution in [-0.2, 0) is 19.9 Å². The molecule has 0 aliphatic heterocycles. The number of benzene rings is 1. The zero-order valence-electron chi connectivity index (χ0n) is 12.9. The van der Waals surface area contributed by atoms with Crippen molar-refractivity contribution in [2.75, 3.05) is 7.11 Å². The van der Waals surface area contributed by atoms with Gasteiger partial charge in [-0.3, -0.25) is 0 Å². The fourth-order valence-electron chi connectivity index (χ4n) is 2.31. The number of rotatable bonds is 5. The Kier molecular flexibility index (Phi) is 3.91. The Bertz CT molecular complexity index is 776. The Balaban J connectivity index is 1.73. The molecule has 0 saturated heterocycles. The van der Waals surface area contributed by atoms with E-state index in [1.54, 1.807) is 13.4 Å². The SMILES string of the molecule is COc1ccc(Cc2nc(Cc3cncn3C)no2)c(C)c1. The molecule has 2 heterocycles. The minimum atomic E-state index is 0.613. The molecule has 0 spiro atoms. The fourth-order valence-corrected chi connectivity index (χ4v) is 2.31. The molecule has 1 aromatic carbocycles. The summed E-state index contributed by atoms with van der Waals surface area (Å²) in [6.45, 7) is 2.05. The smallest absolute Gasteiger partial charge is 0.231 e. The third kappa shape index (κ3) is 3.00. The van der Waals surface area contributed by atoms with Crippen LogP contribution in [0.3, 0.4) is 0 Å². The average molecular weight is 298 g/mol.